The molecular formula is C17H20Cl2N2. The summed E-state index contributed by atoms with van der Waals surface area (Å²) in [4.78, 5) is 2.52. The van der Waals surface area contributed by atoms with Gasteiger partial charge in [0, 0.05) is 23.5 Å². The zero-order valence-electron chi connectivity index (χ0n) is 12.2. The Labute approximate surface area is 136 Å². The SMILES string of the molecule is CC1CCN(Cc2cccn2-c2ccc(Cl)cc2Cl)CC1. The van der Waals surface area contributed by atoms with E-state index >= 15 is 0 Å². The van der Waals surface area contributed by atoms with Crippen LogP contribution in [0.2, 0.25) is 10.0 Å². The van der Waals surface area contributed by atoms with Crippen molar-refractivity contribution in [2.24, 2.45) is 5.92 Å². The van der Waals surface area contributed by atoms with Crippen molar-refractivity contribution in [1.82, 2.24) is 9.47 Å². The highest BCUT2D eigenvalue weighted by Crippen LogP contribution is 2.27. The van der Waals surface area contributed by atoms with Gasteiger partial charge in [0.05, 0.1) is 10.7 Å². The molecule has 21 heavy (non-hydrogen) atoms. The molecule has 0 amide bonds. The van der Waals surface area contributed by atoms with Crippen molar-refractivity contribution in [2.75, 3.05) is 13.1 Å². The van der Waals surface area contributed by atoms with Gasteiger partial charge in [0.2, 0.25) is 0 Å². The second-order valence-corrected chi connectivity index (χ2v) is 6.77. The van der Waals surface area contributed by atoms with Gasteiger partial charge in [-0.05, 0) is 62.2 Å². The van der Waals surface area contributed by atoms with Crippen molar-refractivity contribution in [3.05, 3.63) is 52.3 Å². The molecule has 0 aliphatic carbocycles. The van der Waals surface area contributed by atoms with Crippen LogP contribution in [0.25, 0.3) is 5.69 Å². The molecule has 112 valence electrons. The number of piperidine rings is 1. The molecule has 0 N–H and O–H groups in total. The maximum Gasteiger partial charge on any atom is 0.0661 e. The van der Waals surface area contributed by atoms with E-state index in [-0.39, 0.29) is 0 Å². The van der Waals surface area contributed by atoms with Crippen LogP contribution in [0.15, 0.2) is 36.5 Å². The summed E-state index contributed by atoms with van der Waals surface area (Å²) in [6.45, 7) is 5.67. The molecule has 0 unspecified atom stereocenters. The van der Waals surface area contributed by atoms with Crippen LogP contribution in [-0.4, -0.2) is 22.6 Å². The van der Waals surface area contributed by atoms with Gasteiger partial charge in [0.1, 0.15) is 0 Å². The molecule has 1 aliphatic rings. The van der Waals surface area contributed by atoms with E-state index < -0.39 is 0 Å². The third kappa shape index (κ3) is 3.45. The Kier molecular flexibility index (Phi) is 4.58. The van der Waals surface area contributed by atoms with Crippen LogP contribution in [0, 0.1) is 5.92 Å². The van der Waals surface area contributed by atoms with Crippen LogP contribution in [0.3, 0.4) is 0 Å². The molecule has 3 rings (SSSR count). The van der Waals surface area contributed by atoms with Crippen molar-refractivity contribution < 1.29 is 0 Å². The molecule has 1 aliphatic heterocycles. The third-order valence-electron chi connectivity index (χ3n) is 4.26. The van der Waals surface area contributed by atoms with Crippen molar-refractivity contribution in [1.29, 1.82) is 0 Å². The Morgan fingerprint density at radius 3 is 2.62 bits per heavy atom. The lowest BCUT2D eigenvalue weighted by Gasteiger charge is -2.30. The van der Waals surface area contributed by atoms with E-state index in [1.165, 1.54) is 31.6 Å². The molecule has 1 fully saturated rings. The average Bonchev–Trinajstić information content (AvgIpc) is 2.89. The van der Waals surface area contributed by atoms with Gasteiger partial charge in [-0.1, -0.05) is 30.1 Å². The normalized spacial score (nSPS) is 17.3. The molecule has 0 saturated carbocycles. The summed E-state index contributed by atoms with van der Waals surface area (Å²) in [5, 5.41) is 1.36. The molecule has 1 aromatic heterocycles. The first-order valence-electron chi connectivity index (χ1n) is 7.47. The van der Waals surface area contributed by atoms with Gasteiger partial charge in [0.25, 0.3) is 0 Å². The Hall–Kier alpha value is -0.960. The quantitative estimate of drug-likeness (QED) is 0.770. The van der Waals surface area contributed by atoms with Gasteiger partial charge >= 0.3 is 0 Å². The third-order valence-corrected chi connectivity index (χ3v) is 4.80. The first-order chi connectivity index (χ1) is 10.1. The molecule has 2 heterocycles. The minimum Gasteiger partial charge on any atom is -0.318 e. The van der Waals surface area contributed by atoms with E-state index in [1.807, 2.05) is 12.1 Å². The zero-order chi connectivity index (χ0) is 14.8. The predicted octanol–water partition coefficient (Wildman–Crippen LogP) is 5.02. The summed E-state index contributed by atoms with van der Waals surface area (Å²) in [5.41, 5.74) is 2.26. The summed E-state index contributed by atoms with van der Waals surface area (Å²) in [6, 6.07) is 9.90. The Balaban J connectivity index is 1.80. The standard InChI is InChI=1S/C17H20Cl2N2/c1-13-6-9-20(10-7-13)12-15-3-2-8-21(15)17-5-4-14(18)11-16(17)19/h2-5,8,11,13H,6-7,9-10,12H2,1H3. The van der Waals surface area contributed by atoms with Crippen LogP contribution < -0.4 is 0 Å². The van der Waals surface area contributed by atoms with E-state index in [0.29, 0.717) is 10.0 Å². The van der Waals surface area contributed by atoms with E-state index in [4.69, 9.17) is 23.2 Å². The number of halogens is 2. The highest BCUT2D eigenvalue weighted by atomic mass is 35.5. The number of benzene rings is 1. The smallest absolute Gasteiger partial charge is 0.0661 e. The molecule has 4 heteroatoms. The Morgan fingerprint density at radius 1 is 1.14 bits per heavy atom. The Morgan fingerprint density at radius 2 is 1.90 bits per heavy atom. The van der Waals surface area contributed by atoms with Gasteiger partial charge < -0.3 is 4.57 Å². The molecule has 2 nitrogen and oxygen atoms in total. The second kappa shape index (κ2) is 6.43. The van der Waals surface area contributed by atoms with Gasteiger partial charge in [-0.25, -0.2) is 0 Å². The lowest BCUT2D eigenvalue weighted by molar-refractivity contribution is 0.182. The number of rotatable bonds is 3. The van der Waals surface area contributed by atoms with Crippen LogP contribution in [0.4, 0.5) is 0 Å². The lowest BCUT2D eigenvalue weighted by Crippen LogP contribution is -2.32. The van der Waals surface area contributed by atoms with Crippen LogP contribution >= 0.6 is 23.2 Å². The molecule has 0 atom stereocenters. The number of hydrogen-bond donors (Lipinski definition) is 0. The number of hydrogen-bond acceptors (Lipinski definition) is 1. The van der Waals surface area contributed by atoms with Crippen molar-refractivity contribution >= 4 is 23.2 Å². The van der Waals surface area contributed by atoms with Crippen LogP contribution in [-0.2, 0) is 6.54 Å². The predicted molar refractivity (Wildman–Crippen MR) is 89.5 cm³/mol. The molecular weight excluding hydrogens is 303 g/mol. The fourth-order valence-corrected chi connectivity index (χ4v) is 3.41. The second-order valence-electron chi connectivity index (χ2n) is 5.92. The summed E-state index contributed by atoms with van der Waals surface area (Å²) in [7, 11) is 0. The van der Waals surface area contributed by atoms with Crippen LogP contribution in [0.1, 0.15) is 25.5 Å². The lowest BCUT2D eigenvalue weighted by atomic mass is 9.99. The fourth-order valence-electron chi connectivity index (χ4n) is 2.91. The average molecular weight is 323 g/mol. The van der Waals surface area contributed by atoms with Gasteiger partial charge in [-0.15, -0.1) is 0 Å². The number of nitrogens with zero attached hydrogens (tertiary/aromatic N) is 2. The summed E-state index contributed by atoms with van der Waals surface area (Å²) < 4.78 is 2.16. The topological polar surface area (TPSA) is 8.17 Å². The minimum atomic E-state index is 0.669. The Bertz CT molecular complexity index is 613. The maximum atomic E-state index is 6.34. The first kappa shape index (κ1) is 15.0. The molecule has 0 spiro atoms. The highest BCUT2D eigenvalue weighted by molar-refractivity contribution is 6.35. The number of aromatic nitrogens is 1. The van der Waals surface area contributed by atoms with E-state index in [9.17, 15) is 0 Å². The highest BCUT2D eigenvalue weighted by Gasteiger charge is 2.17. The summed E-state index contributed by atoms with van der Waals surface area (Å²) in [5.74, 6) is 0.860. The van der Waals surface area contributed by atoms with Crippen molar-refractivity contribution in [3.8, 4) is 5.69 Å². The van der Waals surface area contributed by atoms with E-state index in [1.54, 1.807) is 6.07 Å². The maximum absolute atomic E-state index is 6.34. The van der Waals surface area contributed by atoms with Gasteiger partial charge in [0.15, 0.2) is 0 Å². The van der Waals surface area contributed by atoms with E-state index in [0.717, 1.165) is 18.2 Å². The monoisotopic (exact) mass is 322 g/mol. The van der Waals surface area contributed by atoms with Crippen molar-refractivity contribution in [3.63, 3.8) is 0 Å². The van der Waals surface area contributed by atoms with E-state index in [2.05, 4.69) is 34.7 Å². The first-order valence-corrected chi connectivity index (χ1v) is 8.23. The minimum absolute atomic E-state index is 0.669. The number of likely N-dealkylation sites (tertiary alicyclic amines) is 1. The molecule has 1 saturated heterocycles. The largest absolute Gasteiger partial charge is 0.318 e. The summed E-state index contributed by atoms with van der Waals surface area (Å²) in [6.07, 6.45) is 4.65. The summed E-state index contributed by atoms with van der Waals surface area (Å²) >= 11 is 12.3. The van der Waals surface area contributed by atoms with Crippen LogP contribution in [0.5, 0.6) is 0 Å². The van der Waals surface area contributed by atoms with Gasteiger partial charge in [-0.2, -0.15) is 0 Å². The zero-order valence-corrected chi connectivity index (χ0v) is 13.7. The van der Waals surface area contributed by atoms with Crippen molar-refractivity contribution in [2.45, 2.75) is 26.3 Å². The fraction of sp³-hybridized carbons (Fsp3) is 0.412. The molecule has 2 aromatic rings. The molecule has 1 aromatic carbocycles. The molecule has 0 bridgehead atoms. The van der Waals surface area contributed by atoms with Gasteiger partial charge in [-0.3, -0.25) is 4.90 Å². The molecule has 0 radical (unpaired) electrons.